The van der Waals surface area contributed by atoms with Gasteiger partial charge in [-0.3, -0.25) is 13.9 Å². The lowest BCUT2D eigenvalue weighted by atomic mass is 10.1. The molecule has 2 unspecified atom stereocenters. The van der Waals surface area contributed by atoms with Crippen LogP contribution >= 0.6 is 0 Å². The van der Waals surface area contributed by atoms with E-state index in [0.29, 0.717) is 16.9 Å². The summed E-state index contributed by atoms with van der Waals surface area (Å²) < 4.78 is 26.5. The molecule has 0 aliphatic carbocycles. The van der Waals surface area contributed by atoms with Gasteiger partial charge in [0.25, 0.3) is 5.91 Å². The summed E-state index contributed by atoms with van der Waals surface area (Å²) in [6, 6.07) is 11.0. The Kier molecular flexibility index (Phi) is 8.44. The largest absolute Gasteiger partial charge is 0.350 e. The average Bonchev–Trinajstić information content (AvgIpc) is 2.73. The summed E-state index contributed by atoms with van der Waals surface area (Å²) in [7, 11) is -3.75. The molecule has 2 amide bonds. The lowest BCUT2D eigenvalue weighted by Gasteiger charge is -2.30. The van der Waals surface area contributed by atoms with Crippen LogP contribution in [0.1, 0.15) is 55.1 Å². The third kappa shape index (κ3) is 6.09. The van der Waals surface area contributed by atoms with Crippen molar-refractivity contribution in [1.82, 2.24) is 5.32 Å². The highest BCUT2D eigenvalue weighted by atomic mass is 32.2. The van der Waals surface area contributed by atoms with E-state index in [9.17, 15) is 18.0 Å². The molecule has 2 rings (SSSR count). The fraction of sp³-hybridized carbons (Fsp3) is 0.417. The molecule has 0 aliphatic heterocycles. The lowest BCUT2D eigenvalue weighted by Crippen LogP contribution is -2.47. The third-order valence-corrected chi connectivity index (χ3v) is 6.67. The van der Waals surface area contributed by atoms with Crippen molar-refractivity contribution in [2.75, 3.05) is 15.9 Å². The SMILES string of the molecule is CCC(C)NC(=O)c1ccccc1NC(=O)C(CC)N(c1ccc(C)c(C)c1)S(C)(=O)=O. The number of anilines is 2. The molecule has 8 heteroatoms. The molecule has 0 saturated heterocycles. The van der Waals surface area contributed by atoms with Gasteiger partial charge < -0.3 is 10.6 Å². The Balaban J connectivity index is 2.40. The molecule has 0 aromatic heterocycles. The zero-order valence-electron chi connectivity index (χ0n) is 19.6. The number of sulfonamides is 1. The minimum Gasteiger partial charge on any atom is -0.350 e. The van der Waals surface area contributed by atoms with Crippen molar-refractivity contribution in [3.63, 3.8) is 0 Å². The number of aryl methyl sites for hydroxylation is 2. The zero-order valence-corrected chi connectivity index (χ0v) is 20.4. The number of para-hydroxylation sites is 1. The van der Waals surface area contributed by atoms with Crippen molar-refractivity contribution in [3.8, 4) is 0 Å². The molecule has 7 nitrogen and oxygen atoms in total. The summed E-state index contributed by atoms with van der Waals surface area (Å²) in [5.74, 6) is -0.794. The van der Waals surface area contributed by atoms with Gasteiger partial charge in [-0.05, 0) is 69.0 Å². The van der Waals surface area contributed by atoms with E-state index in [1.165, 1.54) is 0 Å². The maximum Gasteiger partial charge on any atom is 0.253 e. The number of carbonyl (C=O) groups is 2. The molecule has 2 N–H and O–H groups in total. The maximum atomic E-state index is 13.3. The van der Waals surface area contributed by atoms with E-state index >= 15 is 0 Å². The van der Waals surface area contributed by atoms with Gasteiger partial charge in [0, 0.05) is 6.04 Å². The topological polar surface area (TPSA) is 95.6 Å². The first kappa shape index (κ1) is 25.4. The van der Waals surface area contributed by atoms with Crippen LogP contribution in [0.5, 0.6) is 0 Å². The van der Waals surface area contributed by atoms with E-state index in [4.69, 9.17) is 0 Å². The number of benzene rings is 2. The predicted octanol–water partition coefficient (Wildman–Crippen LogP) is 4.02. The van der Waals surface area contributed by atoms with Crippen LogP contribution in [-0.2, 0) is 14.8 Å². The van der Waals surface area contributed by atoms with Crippen molar-refractivity contribution < 1.29 is 18.0 Å². The van der Waals surface area contributed by atoms with Crippen molar-refractivity contribution in [1.29, 1.82) is 0 Å². The van der Waals surface area contributed by atoms with E-state index in [0.717, 1.165) is 28.1 Å². The molecule has 2 atom stereocenters. The smallest absolute Gasteiger partial charge is 0.253 e. The van der Waals surface area contributed by atoms with Crippen LogP contribution in [0, 0.1) is 13.8 Å². The van der Waals surface area contributed by atoms with Crippen molar-refractivity contribution in [2.45, 2.75) is 59.5 Å². The molecule has 0 radical (unpaired) electrons. The first-order chi connectivity index (χ1) is 15.0. The molecule has 174 valence electrons. The van der Waals surface area contributed by atoms with E-state index in [1.807, 2.05) is 33.8 Å². The van der Waals surface area contributed by atoms with Gasteiger partial charge in [0.05, 0.1) is 23.2 Å². The molecule has 2 aromatic carbocycles. The molecule has 0 saturated carbocycles. The summed E-state index contributed by atoms with van der Waals surface area (Å²) in [6.45, 7) is 9.46. The number of carbonyl (C=O) groups excluding carboxylic acids is 2. The van der Waals surface area contributed by atoms with Crippen LogP contribution in [0.15, 0.2) is 42.5 Å². The molecule has 0 heterocycles. The number of amides is 2. The second-order valence-corrected chi connectivity index (χ2v) is 9.93. The van der Waals surface area contributed by atoms with Gasteiger partial charge in [-0.1, -0.05) is 32.0 Å². The first-order valence-corrected chi connectivity index (χ1v) is 12.6. The first-order valence-electron chi connectivity index (χ1n) is 10.8. The average molecular weight is 460 g/mol. The quantitative estimate of drug-likeness (QED) is 0.592. The van der Waals surface area contributed by atoms with Crippen LogP contribution in [0.2, 0.25) is 0 Å². The summed E-state index contributed by atoms with van der Waals surface area (Å²) >= 11 is 0. The highest BCUT2D eigenvalue weighted by molar-refractivity contribution is 7.92. The van der Waals surface area contributed by atoms with Gasteiger partial charge in [-0.2, -0.15) is 0 Å². The van der Waals surface area contributed by atoms with E-state index in [2.05, 4.69) is 10.6 Å². The number of nitrogens with one attached hydrogen (secondary N) is 2. The maximum absolute atomic E-state index is 13.3. The van der Waals surface area contributed by atoms with Crippen LogP contribution < -0.4 is 14.9 Å². The van der Waals surface area contributed by atoms with Crippen molar-refractivity contribution in [3.05, 3.63) is 59.2 Å². The van der Waals surface area contributed by atoms with Gasteiger partial charge in [-0.15, -0.1) is 0 Å². The summed E-state index contributed by atoms with van der Waals surface area (Å²) in [5, 5.41) is 5.67. The second-order valence-electron chi connectivity index (χ2n) is 8.07. The minimum atomic E-state index is -3.75. The van der Waals surface area contributed by atoms with Crippen LogP contribution in [0.25, 0.3) is 0 Å². The Morgan fingerprint density at radius 3 is 2.22 bits per heavy atom. The van der Waals surface area contributed by atoms with E-state index in [1.54, 1.807) is 43.3 Å². The second kappa shape index (κ2) is 10.6. The number of hydrogen-bond donors (Lipinski definition) is 2. The summed E-state index contributed by atoms with van der Waals surface area (Å²) in [4.78, 5) is 25.9. The van der Waals surface area contributed by atoms with Crippen LogP contribution in [0.3, 0.4) is 0 Å². The predicted molar refractivity (Wildman–Crippen MR) is 130 cm³/mol. The Hall–Kier alpha value is -2.87. The van der Waals surface area contributed by atoms with Gasteiger partial charge in [-0.25, -0.2) is 8.42 Å². The highest BCUT2D eigenvalue weighted by Crippen LogP contribution is 2.26. The van der Waals surface area contributed by atoms with Crippen molar-refractivity contribution in [2.24, 2.45) is 0 Å². The van der Waals surface area contributed by atoms with Crippen molar-refractivity contribution >= 4 is 33.2 Å². The van der Waals surface area contributed by atoms with E-state index < -0.39 is 22.0 Å². The van der Waals surface area contributed by atoms with E-state index in [-0.39, 0.29) is 18.4 Å². The molecule has 32 heavy (non-hydrogen) atoms. The molecular formula is C24H33N3O4S. The molecule has 2 aromatic rings. The monoisotopic (exact) mass is 459 g/mol. The highest BCUT2D eigenvalue weighted by Gasteiger charge is 2.32. The fourth-order valence-corrected chi connectivity index (χ4v) is 4.54. The van der Waals surface area contributed by atoms with Gasteiger partial charge in [0.1, 0.15) is 6.04 Å². The Morgan fingerprint density at radius 2 is 1.66 bits per heavy atom. The lowest BCUT2D eigenvalue weighted by molar-refractivity contribution is -0.117. The van der Waals surface area contributed by atoms with Crippen LogP contribution in [-0.4, -0.2) is 38.6 Å². The van der Waals surface area contributed by atoms with Gasteiger partial charge in [0.15, 0.2) is 0 Å². The fourth-order valence-electron chi connectivity index (χ4n) is 3.33. The molecular weight excluding hydrogens is 426 g/mol. The standard InChI is InChI=1S/C24H33N3O4S/c1-7-18(5)25-23(28)20-11-9-10-12-21(20)26-24(29)22(8-2)27(32(6,30)31)19-14-13-16(3)17(4)15-19/h9-15,18,22H,7-8H2,1-6H3,(H,25,28)(H,26,29). The minimum absolute atomic E-state index is 0.0137. The van der Waals surface area contributed by atoms with Crippen LogP contribution in [0.4, 0.5) is 11.4 Å². The number of nitrogens with zero attached hydrogens (tertiary/aromatic N) is 1. The molecule has 0 aliphatic rings. The molecule has 0 bridgehead atoms. The summed E-state index contributed by atoms with van der Waals surface area (Å²) in [6.07, 6.45) is 2.12. The molecule has 0 fully saturated rings. The normalized spacial score (nSPS) is 13.2. The van der Waals surface area contributed by atoms with Gasteiger partial charge in [0.2, 0.25) is 15.9 Å². The Morgan fingerprint density at radius 1 is 1.00 bits per heavy atom. The van der Waals surface area contributed by atoms with Gasteiger partial charge >= 0.3 is 0 Å². The Labute approximate surface area is 191 Å². The number of hydrogen-bond acceptors (Lipinski definition) is 4. The molecule has 0 spiro atoms. The zero-order chi connectivity index (χ0) is 24.1. The summed E-state index contributed by atoms with van der Waals surface area (Å²) in [5.41, 5.74) is 3.05. The third-order valence-electron chi connectivity index (χ3n) is 5.49. The Bertz CT molecular complexity index is 1080. The number of rotatable bonds is 9.